The minimum absolute atomic E-state index is 0.177. The molecule has 1 aliphatic heterocycles. The zero-order chi connectivity index (χ0) is 12.4. The number of hydrogen-bond acceptors (Lipinski definition) is 2. The highest BCUT2D eigenvalue weighted by atomic mass is 19.1. The summed E-state index contributed by atoms with van der Waals surface area (Å²) >= 11 is 0. The fraction of sp³-hybridized carbons (Fsp3) is 0.462. The summed E-state index contributed by atoms with van der Waals surface area (Å²) in [6.45, 7) is 3.59. The second-order valence-electron chi connectivity index (χ2n) is 4.71. The first-order valence-corrected chi connectivity index (χ1v) is 5.85. The Kier molecular flexibility index (Phi) is 3.43. The summed E-state index contributed by atoms with van der Waals surface area (Å²) < 4.78 is 13.3. The second-order valence-corrected chi connectivity index (χ2v) is 4.71. The van der Waals surface area contributed by atoms with Crippen molar-refractivity contribution in [2.75, 3.05) is 6.54 Å². The van der Waals surface area contributed by atoms with Crippen molar-refractivity contribution in [3.8, 4) is 0 Å². The van der Waals surface area contributed by atoms with Crippen molar-refractivity contribution in [3.05, 3.63) is 35.1 Å². The summed E-state index contributed by atoms with van der Waals surface area (Å²) in [7, 11) is 0. The van der Waals surface area contributed by atoms with Gasteiger partial charge in [0, 0.05) is 31.6 Å². The summed E-state index contributed by atoms with van der Waals surface area (Å²) in [5, 5.41) is 0. The number of benzene rings is 1. The van der Waals surface area contributed by atoms with E-state index in [0.29, 0.717) is 24.4 Å². The maximum Gasteiger partial charge on any atom is 0.223 e. The first kappa shape index (κ1) is 12.0. The Balaban J connectivity index is 2.11. The van der Waals surface area contributed by atoms with E-state index in [9.17, 15) is 9.18 Å². The number of amides is 1. The Morgan fingerprint density at radius 3 is 2.88 bits per heavy atom. The summed E-state index contributed by atoms with van der Waals surface area (Å²) in [6.07, 6.45) is 0.616. The van der Waals surface area contributed by atoms with Gasteiger partial charge in [0.1, 0.15) is 5.82 Å². The largest absolute Gasteiger partial charge is 0.338 e. The Morgan fingerprint density at radius 1 is 1.53 bits per heavy atom. The van der Waals surface area contributed by atoms with Gasteiger partial charge in [0.05, 0.1) is 0 Å². The Labute approximate surface area is 100 Å². The van der Waals surface area contributed by atoms with E-state index in [1.807, 2.05) is 4.90 Å². The molecule has 0 aliphatic carbocycles. The highest BCUT2D eigenvalue weighted by Gasteiger charge is 2.26. The van der Waals surface area contributed by atoms with Gasteiger partial charge in [-0.05, 0) is 23.6 Å². The fourth-order valence-corrected chi connectivity index (χ4v) is 2.23. The molecule has 1 heterocycles. The zero-order valence-electron chi connectivity index (χ0n) is 9.95. The molecule has 0 bridgehead atoms. The molecule has 0 aromatic heterocycles. The van der Waals surface area contributed by atoms with E-state index in [0.717, 1.165) is 12.1 Å². The molecule has 3 nitrogen and oxygen atoms in total. The highest BCUT2D eigenvalue weighted by Crippen LogP contribution is 2.20. The third kappa shape index (κ3) is 2.64. The van der Waals surface area contributed by atoms with Gasteiger partial charge in [0.25, 0.3) is 0 Å². The molecule has 1 atom stereocenters. The van der Waals surface area contributed by atoms with Crippen molar-refractivity contribution < 1.29 is 9.18 Å². The van der Waals surface area contributed by atoms with Crippen molar-refractivity contribution in [2.24, 2.45) is 11.7 Å². The molecule has 2 N–H and O–H groups in total. The van der Waals surface area contributed by atoms with E-state index in [4.69, 9.17) is 5.73 Å². The molecule has 1 aliphatic rings. The van der Waals surface area contributed by atoms with E-state index in [2.05, 4.69) is 6.92 Å². The van der Waals surface area contributed by atoms with Crippen LogP contribution in [0.25, 0.3) is 0 Å². The lowest BCUT2D eigenvalue weighted by Crippen LogP contribution is -2.24. The van der Waals surface area contributed by atoms with Gasteiger partial charge in [0.15, 0.2) is 0 Å². The smallest absolute Gasteiger partial charge is 0.223 e. The predicted octanol–water partition coefficient (Wildman–Crippen LogP) is 1.65. The molecule has 1 aromatic carbocycles. The monoisotopic (exact) mass is 236 g/mol. The van der Waals surface area contributed by atoms with E-state index >= 15 is 0 Å². The standard InChI is InChI=1S/C13H17FN2O/c1-9-4-13(17)16(7-9)8-10-2-3-12(14)11(5-10)6-15/h2-3,5,9H,4,6-8,15H2,1H3. The fourth-order valence-electron chi connectivity index (χ4n) is 2.23. The molecular formula is C13H17FN2O. The second kappa shape index (κ2) is 4.84. The van der Waals surface area contributed by atoms with Crippen LogP contribution >= 0.6 is 0 Å². The highest BCUT2D eigenvalue weighted by molar-refractivity contribution is 5.78. The molecule has 1 saturated heterocycles. The minimum Gasteiger partial charge on any atom is -0.338 e. The summed E-state index contributed by atoms with van der Waals surface area (Å²) in [5.41, 5.74) is 6.90. The van der Waals surface area contributed by atoms with Crippen LogP contribution in [0.1, 0.15) is 24.5 Å². The van der Waals surface area contributed by atoms with Crippen LogP contribution in [0, 0.1) is 11.7 Å². The lowest BCUT2D eigenvalue weighted by atomic mass is 10.1. The van der Waals surface area contributed by atoms with Crippen molar-refractivity contribution in [1.29, 1.82) is 0 Å². The molecule has 1 aromatic rings. The average Bonchev–Trinajstić information content (AvgIpc) is 2.60. The van der Waals surface area contributed by atoms with Crippen LogP contribution in [0.15, 0.2) is 18.2 Å². The van der Waals surface area contributed by atoms with Gasteiger partial charge < -0.3 is 10.6 Å². The van der Waals surface area contributed by atoms with Crippen molar-refractivity contribution in [1.82, 2.24) is 4.90 Å². The van der Waals surface area contributed by atoms with Gasteiger partial charge in [-0.1, -0.05) is 13.0 Å². The maximum atomic E-state index is 13.3. The topological polar surface area (TPSA) is 46.3 Å². The summed E-state index contributed by atoms with van der Waals surface area (Å²) in [4.78, 5) is 13.5. The van der Waals surface area contributed by atoms with Crippen molar-refractivity contribution in [2.45, 2.75) is 26.4 Å². The molecule has 2 rings (SSSR count). The first-order valence-electron chi connectivity index (χ1n) is 5.85. The van der Waals surface area contributed by atoms with Crippen LogP contribution in [0.2, 0.25) is 0 Å². The quantitative estimate of drug-likeness (QED) is 0.867. The Hall–Kier alpha value is -1.42. The first-order chi connectivity index (χ1) is 8.10. The number of likely N-dealkylation sites (tertiary alicyclic amines) is 1. The third-order valence-corrected chi connectivity index (χ3v) is 3.11. The molecule has 92 valence electrons. The van der Waals surface area contributed by atoms with Gasteiger partial charge in [-0.3, -0.25) is 4.79 Å². The Morgan fingerprint density at radius 2 is 2.29 bits per heavy atom. The third-order valence-electron chi connectivity index (χ3n) is 3.11. The van der Waals surface area contributed by atoms with Crippen LogP contribution in [0.4, 0.5) is 4.39 Å². The van der Waals surface area contributed by atoms with Crippen LogP contribution < -0.4 is 5.73 Å². The van der Waals surface area contributed by atoms with Crippen LogP contribution in [-0.4, -0.2) is 17.4 Å². The molecule has 17 heavy (non-hydrogen) atoms. The molecule has 4 heteroatoms. The molecule has 1 unspecified atom stereocenters. The number of rotatable bonds is 3. The average molecular weight is 236 g/mol. The van der Waals surface area contributed by atoms with Gasteiger partial charge >= 0.3 is 0 Å². The van der Waals surface area contributed by atoms with E-state index in [-0.39, 0.29) is 18.3 Å². The number of halogens is 1. The molecule has 1 fully saturated rings. The summed E-state index contributed by atoms with van der Waals surface area (Å²) in [5.74, 6) is 0.311. The minimum atomic E-state index is -0.280. The Bertz CT molecular complexity index is 433. The van der Waals surface area contributed by atoms with Gasteiger partial charge in [-0.25, -0.2) is 4.39 Å². The predicted molar refractivity (Wildman–Crippen MR) is 63.5 cm³/mol. The molecule has 0 spiro atoms. The van der Waals surface area contributed by atoms with Crippen molar-refractivity contribution in [3.63, 3.8) is 0 Å². The van der Waals surface area contributed by atoms with Crippen LogP contribution in [0.3, 0.4) is 0 Å². The van der Waals surface area contributed by atoms with E-state index < -0.39 is 0 Å². The maximum absolute atomic E-state index is 13.3. The number of nitrogens with two attached hydrogens (primary N) is 1. The van der Waals surface area contributed by atoms with E-state index in [1.165, 1.54) is 6.07 Å². The number of hydrogen-bond donors (Lipinski definition) is 1. The van der Waals surface area contributed by atoms with Crippen molar-refractivity contribution >= 4 is 5.91 Å². The SMILES string of the molecule is CC1CC(=O)N(Cc2ccc(F)c(CN)c2)C1. The van der Waals surface area contributed by atoms with Crippen LogP contribution in [0.5, 0.6) is 0 Å². The number of carbonyl (C=O) groups excluding carboxylic acids is 1. The molecule has 0 radical (unpaired) electrons. The van der Waals surface area contributed by atoms with Gasteiger partial charge in [0.2, 0.25) is 5.91 Å². The lowest BCUT2D eigenvalue weighted by Gasteiger charge is -2.16. The van der Waals surface area contributed by atoms with E-state index in [1.54, 1.807) is 12.1 Å². The molecular weight excluding hydrogens is 219 g/mol. The number of nitrogens with zero attached hydrogens (tertiary/aromatic N) is 1. The lowest BCUT2D eigenvalue weighted by molar-refractivity contribution is -0.128. The normalized spacial score (nSPS) is 20.1. The van der Waals surface area contributed by atoms with Crippen LogP contribution in [-0.2, 0) is 17.9 Å². The van der Waals surface area contributed by atoms with Gasteiger partial charge in [-0.15, -0.1) is 0 Å². The zero-order valence-corrected chi connectivity index (χ0v) is 9.95. The molecule has 0 saturated carbocycles. The van der Waals surface area contributed by atoms with Gasteiger partial charge in [-0.2, -0.15) is 0 Å². The summed E-state index contributed by atoms with van der Waals surface area (Å²) in [6, 6.07) is 4.87. The number of carbonyl (C=O) groups is 1. The molecule has 1 amide bonds.